The fourth-order valence-electron chi connectivity index (χ4n) is 4.16. The predicted molar refractivity (Wildman–Crippen MR) is 123 cm³/mol. The van der Waals surface area contributed by atoms with E-state index < -0.39 is 38.8 Å². The van der Waals surface area contributed by atoms with Crippen LogP contribution in [0.2, 0.25) is 5.02 Å². The monoisotopic (exact) mass is 527 g/mol. The number of halogens is 4. The van der Waals surface area contributed by atoms with Crippen LogP contribution < -0.4 is 4.90 Å². The maximum Gasteiger partial charge on any atom is 0.416 e. The molecule has 2 aromatic carbocycles. The van der Waals surface area contributed by atoms with E-state index in [-0.39, 0.29) is 22.9 Å². The van der Waals surface area contributed by atoms with Crippen molar-refractivity contribution < 1.29 is 31.1 Å². The number of alkyl halides is 3. The molecule has 3 aromatic rings. The average molecular weight is 528 g/mol. The highest BCUT2D eigenvalue weighted by Crippen LogP contribution is 2.36. The highest BCUT2D eigenvalue weighted by atomic mass is 35.5. The second-order valence-corrected chi connectivity index (χ2v) is 10.7. The van der Waals surface area contributed by atoms with Gasteiger partial charge in [0.2, 0.25) is 0 Å². The molecular weight excluding hydrogens is 507 g/mol. The molecule has 1 fully saturated rings. The first kappa shape index (κ1) is 25.1. The minimum atomic E-state index is -4.49. The molecule has 1 aliphatic heterocycles. The van der Waals surface area contributed by atoms with Gasteiger partial charge in [0.1, 0.15) is 11.9 Å². The van der Waals surface area contributed by atoms with Crippen LogP contribution in [0.25, 0.3) is 5.69 Å². The van der Waals surface area contributed by atoms with E-state index in [1.54, 1.807) is 30.0 Å². The number of carbonyl (C=O) groups is 1. The molecule has 0 aliphatic carbocycles. The van der Waals surface area contributed by atoms with Crippen LogP contribution in [0.15, 0.2) is 59.5 Å². The number of hydrogen-bond acceptors (Lipinski definition) is 6. The highest BCUT2D eigenvalue weighted by Gasteiger charge is 2.45. The van der Waals surface area contributed by atoms with Crippen LogP contribution in [-0.2, 0) is 25.5 Å². The van der Waals surface area contributed by atoms with E-state index >= 15 is 0 Å². The number of sulfone groups is 1. The summed E-state index contributed by atoms with van der Waals surface area (Å²) >= 11 is 6.14. The molecule has 4 rings (SSSR count). The fourth-order valence-corrected chi connectivity index (χ4v) is 6.38. The van der Waals surface area contributed by atoms with Gasteiger partial charge in [-0.25, -0.2) is 17.9 Å². The van der Waals surface area contributed by atoms with Crippen LogP contribution >= 0.6 is 11.6 Å². The summed E-state index contributed by atoms with van der Waals surface area (Å²) in [5.74, 6) is -0.283. The number of rotatable bonds is 5. The Kier molecular flexibility index (Phi) is 6.58. The molecule has 2 heterocycles. The lowest BCUT2D eigenvalue weighted by Gasteiger charge is -2.25. The van der Waals surface area contributed by atoms with Crippen LogP contribution in [-0.4, -0.2) is 49.1 Å². The number of aryl methyl sites for hydroxylation is 1. The molecule has 12 heteroatoms. The fraction of sp³-hybridized carbons (Fsp3) is 0.304. The number of benzene rings is 2. The third-order valence-electron chi connectivity index (χ3n) is 5.86. The zero-order valence-electron chi connectivity index (χ0n) is 18.7. The Labute approximate surface area is 205 Å². The van der Waals surface area contributed by atoms with Gasteiger partial charge in [-0.15, -0.1) is 0 Å². The van der Waals surface area contributed by atoms with Crippen molar-refractivity contribution >= 4 is 33.2 Å². The second kappa shape index (κ2) is 9.19. The van der Waals surface area contributed by atoms with Crippen molar-refractivity contribution in [3.05, 3.63) is 70.9 Å². The van der Waals surface area contributed by atoms with E-state index in [0.717, 1.165) is 12.1 Å². The molecule has 0 N–H and O–H groups in total. The largest absolute Gasteiger partial charge is 0.467 e. The van der Waals surface area contributed by atoms with Crippen molar-refractivity contribution in [3.63, 3.8) is 0 Å². The van der Waals surface area contributed by atoms with Gasteiger partial charge >= 0.3 is 12.1 Å². The average Bonchev–Trinajstić information content (AvgIpc) is 3.42. The van der Waals surface area contributed by atoms with E-state index in [0.29, 0.717) is 17.2 Å². The van der Waals surface area contributed by atoms with Crippen LogP contribution in [0.5, 0.6) is 0 Å². The Balaban J connectivity index is 1.75. The molecule has 0 amide bonds. The number of carbonyl (C=O) groups excluding carboxylic acids is 1. The lowest BCUT2D eigenvalue weighted by atomic mass is 10.2. The molecule has 1 unspecified atom stereocenters. The van der Waals surface area contributed by atoms with Crippen LogP contribution in [0.1, 0.15) is 17.7 Å². The smallest absolute Gasteiger partial charge is 0.416 e. The molecule has 0 radical (unpaired) electrons. The lowest BCUT2D eigenvalue weighted by molar-refractivity contribution is -0.142. The first-order chi connectivity index (χ1) is 16.4. The van der Waals surface area contributed by atoms with Crippen molar-refractivity contribution in [2.75, 3.05) is 18.6 Å². The number of nitrogens with zero attached hydrogens (tertiary/aromatic N) is 3. The molecule has 0 bridgehead atoms. The zero-order chi connectivity index (χ0) is 25.5. The topological polar surface area (TPSA) is 81.5 Å². The summed E-state index contributed by atoms with van der Waals surface area (Å²) < 4.78 is 72.1. The molecular formula is C23H21ClF3N3O4S. The molecule has 0 spiro atoms. The SMILES string of the molecule is COC(=O)C1C[C@@H](S(=O)(=O)c2ccccc2Cl)CN1c1cc(C)nn1-c1ccc(C(F)(F)F)cc1. The van der Waals surface area contributed by atoms with Gasteiger partial charge in [0.15, 0.2) is 9.84 Å². The van der Waals surface area contributed by atoms with E-state index in [4.69, 9.17) is 16.3 Å². The standard InChI is InChI=1S/C23H21ClF3N3O4S/c1-14-11-21(30(28-14)16-9-7-15(8-10-16)23(25,26)27)29-13-17(12-19(29)22(31)34-2)35(32,33)20-6-4-3-5-18(20)24/h3-11,17,19H,12-13H2,1-2H3/t17-,19?/m1/s1. The summed E-state index contributed by atoms with van der Waals surface area (Å²) in [6.45, 7) is 1.62. The molecule has 7 nitrogen and oxygen atoms in total. The number of hydrogen-bond donors (Lipinski definition) is 0. The zero-order valence-corrected chi connectivity index (χ0v) is 20.2. The summed E-state index contributed by atoms with van der Waals surface area (Å²) in [6, 6.07) is 11.1. The predicted octanol–water partition coefficient (Wildman–Crippen LogP) is 4.45. The summed E-state index contributed by atoms with van der Waals surface area (Å²) in [6.07, 6.45) is -4.55. The number of esters is 1. The van der Waals surface area contributed by atoms with Gasteiger partial charge in [-0.1, -0.05) is 23.7 Å². The maximum absolute atomic E-state index is 13.4. The third kappa shape index (κ3) is 4.74. The molecule has 1 saturated heterocycles. The van der Waals surface area contributed by atoms with E-state index in [1.165, 1.54) is 36.1 Å². The van der Waals surface area contributed by atoms with Gasteiger partial charge in [-0.2, -0.15) is 18.3 Å². The number of aromatic nitrogens is 2. The van der Waals surface area contributed by atoms with Crippen molar-refractivity contribution in [1.29, 1.82) is 0 Å². The third-order valence-corrected chi connectivity index (χ3v) is 8.49. The van der Waals surface area contributed by atoms with Crippen molar-refractivity contribution in [1.82, 2.24) is 9.78 Å². The second-order valence-electron chi connectivity index (χ2n) is 8.12. The Morgan fingerprint density at radius 2 is 1.80 bits per heavy atom. The maximum atomic E-state index is 13.4. The Hall–Kier alpha value is -3.05. The molecule has 1 aromatic heterocycles. The Bertz CT molecular complexity index is 1360. The van der Waals surface area contributed by atoms with Gasteiger partial charge in [0.25, 0.3) is 0 Å². The molecule has 1 aliphatic rings. The van der Waals surface area contributed by atoms with Crippen molar-refractivity contribution in [2.45, 2.75) is 35.7 Å². The summed E-state index contributed by atoms with van der Waals surface area (Å²) in [7, 11) is -2.71. The highest BCUT2D eigenvalue weighted by molar-refractivity contribution is 7.92. The van der Waals surface area contributed by atoms with Gasteiger partial charge in [-0.3, -0.25) is 0 Å². The van der Waals surface area contributed by atoms with Gasteiger partial charge in [-0.05, 0) is 49.7 Å². The minimum absolute atomic E-state index is 0.0374. The van der Waals surface area contributed by atoms with Crippen LogP contribution in [0.4, 0.5) is 19.0 Å². The molecule has 0 saturated carbocycles. The molecule has 35 heavy (non-hydrogen) atoms. The van der Waals surface area contributed by atoms with Crippen molar-refractivity contribution in [3.8, 4) is 5.69 Å². The van der Waals surface area contributed by atoms with Crippen LogP contribution in [0.3, 0.4) is 0 Å². The van der Waals surface area contributed by atoms with Crippen molar-refractivity contribution in [2.24, 2.45) is 0 Å². The first-order valence-electron chi connectivity index (χ1n) is 10.5. The quantitative estimate of drug-likeness (QED) is 0.456. The van der Waals surface area contributed by atoms with E-state index in [1.807, 2.05) is 0 Å². The summed E-state index contributed by atoms with van der Waals surface area (Å²) in [4.78, 5) is 14.2. The summed E-state index contributed by atoms with van der Waals surface area (Å²) in [5.41, 5.74) is 0.0363. The number of ether oxygens (including phenoxy) is 1. The first-order valence-corrected chi connectivity index (χ1v) is 12.4. The number of methoxy groups -OCH3 is 1. The van der Waals surface area contributed by atoms with E-state index in [9.17, 15) is 26.4 Å². The number of anilines is 1. The van der Waals surface area contributed by atoms with Gasteiger partial charge in [0.05, 0.1) is 39.2 Å². The summed E-state index contributed by atoms with van der Waals surface area (Å²) in [5, 5.41) is 3.46. The minimum Gasteiger partial charge on any atom is -0.467 e. The Morgan fingerprint density at radius 3 is 2.40 bits per heavy atom. The van der Waals surface area contributed by atoms with Gasteiger partial charge < -0.3 is 9.64 Å². The van der Waals surface area contributed by atoms with Crippen LogP contribution in [0, 0.1) is 6.92 Å². The normalized spacial score (nSPS) is 18.6. The lowest BCUT2D eigenvalue weighted by Crippen LogP contribution is -2.38. The van der Waals surface area contributed by atoms with Gasteiger partial charge in [0, 0.05) is 12.6 Å². The molecule has 2 atom stereocenters. The van der Waals surface area contributed by atoms with E-state index in [2.05, 4.69) is 5.10 Å². The Morgan fingerprint density at radius 1 is 1.14 bits per heavy atom. The molecule has 186 valence electrons.